The maximum atomic E-state index is 11.9. The van der Waals surface area contributed by atoms with Crippen molar-refractivity contribution < 1.29 is 9.90 Å². The number of hydrogen-bond acceptors (Lipinski definition) is 4. The SMILES string of the molecule is O=C(NCc1cc(C#CCCO)cs1)c1ccc(=O)[nH]c1. The zero-order valence-corrected chi connectivity index (χ0v) is 12.0. The van der Waals surface area contributed by atoms with Crippen molar-refractivity contribution in [2.24, 2.45) is 0 Å². The van der Waals surface area contributed by atoms with Gasteiger partial charge in [-0.15, -0.1) is 11.3 Å². The number of rotatable bonds is 4. The average Bonchev–Trinajstić information content (AvgIpc) is 2.94. The second-order valence-electron chi connectivity index (χ2n) is 4.20. The molecule has 0 spiro atoms. The van der Waals surface area contributed by atoms with Gasteiger partial charge in [-0.2, -0.15) is 0 Å². The zero-order chi connectivity index (χ0) is 15.1. The number of amides is 1. The van der Waals surface area contributed by atoms with Gasteiger partial charge in [0.15, 0.2) is 0 Å². The Kier molecular flexibility index (Phi) is 5.32. The number of aliphatic hydroxyl groups excluding tert-OH is 1. The maximum Gasteiger partial charge on any atom is 0.253 e. The summed E-state index contributed by atoms with van der Waals surface area (Å²) in [7, 11) is 0. The number of thiophene rings is 1. The molecule has 0 unspecified atom stereocenters. The van der Waals surface area contributed by atoms with E-state index in [2.05, 4.69) is 22.1 Å². The minimum absolute atomic E-state index is 0.0548. The second-order valence-corrected chi connectivity index (χ2v) is 5.20. The Hall–Kier alpha value is -2.36. The molecule has 0 saturated carbocycles. The molecule has 108 valence electrons. The van der Waals surface area contributed by atoms with Crippen molar-refractivity contribution in [2.45, 2.75) is 13.0 Å². The lowest BCUT2D eigenvalue weighted by atomic mass is 10.2. The number of aliphatic hydroxyl groups is 1. The third-order valence-electron chi connectivity index (χ3n) is 2.59. The quantitative estimate of drug-likeness (QED) is 0.740. The Bertz CT molecular complexity index is 717. The Morgan fingerprint density at radius 3 is 3.00 bits per heavy atom. The van der Waals surface area contributed by atoms with E-state index in [0.29, 0.717) is 18.5 Å². The van der Waals surface area contributed by atoms with Crippen LogP contribution in [0, 0.1) is 11.8 Å². The van der Waals surface area contributed by atoms with Crippen molar-refractivity contribution in [3.63, 3.8) is 0 Å². The summed E-state index contributed by atoms with van der Waals surface area (Å²) in [5.41, 5.74) is 1.05. The van der Waals surface area contributed by atoms with Crippen LogP contribution in [0.3, 0.4) is 0 Å². The van der Waals surface area contributed by atoms with Gasteiger partial charge < -0.3 is 15.4 Å². The van der Waals surface area contributed by atoms with Crippen LogP contribution in [0.4, 0.5) is 0 Å². The minimum atomic E-state index is -0.243. The van der Waals surface area contributed by atoms with Gasteiger partial charge in [0.25, 0.3) is 5.91 Å². The molecule has 6 heteroatoms. The Balaban J connectivity index is 1.91. The topological polar surface area (TPSA) is 82.2 Å². The maximum absolute atomic E-state index is 11.9. The van der Waals surface area contributed by atoms with Crippen molar-refractivity contribution >= 4 is 17.2 Å². The van der Waals surface area contributed by atoms with Crippen LogP contribution < -0.4 is 10.9 Å². The highest BCUT2D eigenvalue weighted by Crippen LogP contribution is 2.13. The molecule has 2 rings (SSSR count). The van der Waals surface area contributed by atoms with Gasteiger partial charge in [0.05, 0.1) is 18.7 Å². The third kappa shape index (κ3) is 4.60. The molecular weight excluding hydrogens is 288 g/mol. The lowest BCUT2D eigenvalue weighted by Crippen LogP contribution is -2.23. The molecular formula is C15H14N2O3S. The number of carbonyl (C=O) groups is 1. The fraction of sp³-hybridized carbons (Fsp3) is 0.200. The smallest absolute Gasteiger partial charge is 0.253 e. The molecule has 21 heavy (non-hydrogen) atoms. The van der Waals surface area contributed by atoms with Crippen molar-refractivity contribution in [3.8, 4) is 11.8 Å². The van der Waals surface area contributed by atoms with E-state index in [-0.39, 0.29) is 18.1 Å². The first kappa shape index (κ1) is 15.0. The summed E-state index contributed by atoms with van der Waals surface area (Å²) in [5, 5.41) is 13.3. The van der Waals surface area contributed by atoms with Crippen LogP contribution in [-0.4, -0.2) is 22.6 Å². The summed E-state index contributed by atoms with van der Waals surface area (Å²) in [6.45, 7) is 0.462. The number of H-pyrrole nitrogens is 1. The average molecular weight is 302 g/mol. The fourth-order valence-corrected chi connectivity index (χ4v) is 2.34. The summed E-state index contributed by atoms with van der Waals surface area (Å²) in [5.74, 6) is 5.54. The van der Waals surface area contributed by atoms with Gasteiger partial charge in [-0.05, 0) is 12.1 Å². The molecule has 0 aromatic carbocycles. The number of nitrogens with one attached hydrogen (secondary N) is 2. The van der Waals surface area contributed by atoms with Crippen LogP contribution in [0.1, 0.15) is 27.2 Å². The first-order chi connectivity index (χ1) is 10.2. The van der Waals surface area contributed by atoms with E-state index in [0.717, 1.165) is 10.4 Å². The fourth-order valence-electron chi connectivity index (χ4n) is 1.58. The van der Waals surface area contributed by atoms with Crippen molar-refractivity contribution in [1.29, 1.82) is 0 Å². The number of aromatic amines is 1. The van der Waals surface area contributed by atoms with Gasteiger partial charge >= 0.3 is 0 Å². The molecule has 2 aromatic rings. The van der Waals surface area contributed by atoms with Crippen LogP contribution in [0.25, 0.3) is 0 Å². The summed E-state index contributed by atoms with van der Waals surface area (Å²) in [6.07, 6.45) is 1.84. The highest BCUT2D eigenvalue weighted by molar-refractivity contribution is 7.10. The van der Waals surface area contributed by atoms with Crippen LogP contribution in [-0.2, 0) is 6.54 Å². The summed E-state index contributed by atoms with van der Waals surface area (Å²) in [6, 6.07) is 4.70. The molecule has 0 saturated heterocycles. The molecule has 2 heterocycles. The third-order valence-corrected chi connectivity index (χ3v) is 3.53. The van der Waals surface area contributed by atoms with E-state index < -0.39 is 0 Å². The summed E-state index contributed by atoms with van der Waals surface area (Å²) < 4.78 is 0. The highest BCUT2D eigenvalue weighted by Gasteiger charge is 2.06. The molecule has 2 aromatic heterocycles. The van der Waals surface area contributed by atoms with Gasteiger partial charge in [0, 0.05) is 34.5 Å². The monoisotopic (exact) mass is 302 g/mol. The van der Waals surface area contributed by atoms with E-state index in [1.807, 2.05) is 11.4 Å². The zero-order valence-electron chi connectivity index (χ0n) is 11.2. The molecule has 0 aliphatic carbocycles. The minimum Gasteiger partial charge on any atom is -0.395 e. The first-order valence-corrected chi connectivity index (χ1v) is 7.21. The number of hydrogen-bond donors (Lipinski definition) is 3. The Labute approximate surface area is 125 Å². The molecule has 0 fully saturated rings. The molecule has 1 amide bonds. The van der Waals surface area contributed by atoms with Crippen LogP contribution >= 0.6 is 11.3 Å². The van der Waals surface area contributed by atoms with E-state index in [9.17, 15) is 9.59 Å². The molecule has 0 aliphatic rings. The van der Waals surface area contributed by atoms with E-state index in [1.165, 1.54) is 29.7 Å². The van der Waals surface area contributed by atoms with Gasteiger partial charge in [-0.3, -0.25) is 9.59 Å². The number of carbonyl (C=O) groups excluding carboxylic acids is 1. The van der Waals surface area contributed by atoms with Gasteiger partial charge in [-0.25, -0.2) is 0 Å². The predicted octanol–water partition coefficient (Wildman–Crippen LogP) is 1.10. The lowest BCUT2D eigenvalue weighted by Gasteiger charge is -2.02. The van der Waals surface area contributed by atoms with Crippen LogP contribution in [0.2, 0.25) is 0 Å². The molecule has 0 radical (unpaired) electrons. The Morgan fingerprint density at radius 2 is 2.29 bits per heavy atom. The van der Waals surface area contributed by atoms with Gasteiger partial charge in [0.1, 0.15) is 0 Å². The highest BCUT2D eigenvalue weighted by atomic mass is 32.1. The molecule has 0 atom stereocenters. The molecule has 0 bridgehead atoms. The van der Waals surface area contributed by atoms with Crippen molar-refractivity contribution in [2.75, 3.05) is 6.61 Å². The van der Waals surface area contributed by atoms with Crippen LogP contribution in [0.15, 0.2) is 34.6 Å². The van der Waals surface area contributed by atoms with Crippen molar-refractivity contribution in [3.05, 3.63) is 56.1 Å². The predicted molar refractivity (Wildman–Crippen MR) is 81.1 cm³/mol. The second kappa shape index (κ2) is 7.43. The molecule has 3 N–H and O–H groups in total. The lowest BCUT2D eigenvalue weighted by molar-refractivity contribution is 0.0951. The largest absolute Gasteiger partial charge is 0.395 e. The van der Waals surface area contributed by atoms with E-state index in [4.69, 9.17) is 5.11 Å². The van der Waals surface area contributed by atoms with E-state index in [1.54, 1.807) is 0 Å². The molecule has 5 nitrogen and oxygen atoms in total. The van der Waals surface area contributed by atoms with Crippen molar-refractivity contribution in [1.82, 2.24) is 10.3 Å². The molecule has 0 aliphatic heterocycles. The normalized spacial score (nSPS) is 9.76. The van der Waals surface area contributed by atoms with Crippen LogP contribution in [0.5, 0.6) is 0 Å². The van der Waals surface area contributed by atoms with Gasteiger partial charge in [0.2, 0.25) is 5.56 Å². The number of aromatic nitrogens is 1. The van der Waals surface area contributed by atoms with Gasteiger partial charge in [-0.1, -0.05) is 11.8 Å². The Morgan fingerprint density at radius 1 is 1.43 bits per heavy atom. The standard InChI is InChI=1S/C15H14N2O3S/c18-6-2-1-3-11-7-13(21-10-11)9-17-15(20)12-4-5-14(19)16-8-12/h4-5,7-8,10,18H,2,6,9H2,(H,16,19)(H,17,20). The summed E-state index contributed by atoms with van der Waals surface area (Å²) in [4.78, 5) is 26.2. The summed E-state index contributed by atoms with van der Waals surface area (Å²) >= 11 is 1.51. The number of pyridine rings is 1. The first-order valence-electron chi connectivity index (χ1n) is 6.33. The van der Waals surface area contributed by atoms with E-state index >= 15 is 0 Å².